The van der Waals surface area contributed by atoms with Gasteiger partial charge in [0.05, 0.1) is 39.9 Å². The summed E-state index contributed by atoms with van der Waals surface area (Å²) in [5.74, 6) is -0.137. The summed E-state index contributed by atoms with van der Waals surface area (Å²) in [6.07, 6.45) is 68.6. The standard InChI is InChI=1S/C63H127N2O6P/c1-6-8-10-12-14-16-18-20-22-24-26-28-30-32-34-36-38-40-42-44-46-48-50-52-54-56-62(66)61(60-71-72(68,69)70-59-58-65(3,4)5)64-63(67)57-55-53-51-49-47-45-43-41-39-37-35-33-31-29-27-25-23-21-19-17-15-13-11-9-7-2/h25,27,61-62,66H,6-24,26,28-60H2,1-5H3,(H-,64,67,68,69)/p+1/b27-25-. The van der Waals surface area contributed by atoms with Crippen LogP contribution in [0.3, 0.4) is 0 Å². The predicted octanol–water partition coefficient (Wildman–Crippen LogP) is 19.8. The molecule has 9 heteroatoms. The van der Waals surface area contributed by atoms with E-state index in [1.807, 2.05) is 21.1 Å². The molecule has 3 N–H and O–H groups in total. The molecule has 0 bridgehead atoms. The van der Waals surface area contributed by atoms with Gasteiger partial charge in [-0.05, 0) is 38.5 Å². The highest BCUT2D eigenvalue weighted by Crippen LogP contribution is 2.43. The summed E-state index contributed by atoms with van der Waals surface area (Å²) in [6.45, 7) is 4.95. The Kier molecular flexibility index (Phi) is 54.4. The minimum Gasteiger partial charge on any atom is -0.391 e. The number of allylic oxidation sites excluding steroid dienone is 2. The average molecular weight is 1040 g/mol. The number of hydrogen-bond acceptors (Lipinski definition) is 5. The number of aliphatic hydroxyl groups is 1. The number of aliphatic hydroxyl groups excluding tert-OH is 1. The molecule has 72 heavy (non-hydrogen) atoms. The number of phosphoric acid groups is 1. The predicted molar refractivity (Wildman–Crippen MR) is 314 cm³/mol. The third kappa shape index (κ3) is 57.0. The Hall–Kier alpha value is -0.760. The van der Waals surface area contributed by atoms with Crippen LogP contribution < -0.4 is 5.32 Å². The first-order chi connectivity index (χ1) is 35.0. The highest BCUT2D eigenvalue weighted by molar-refractivity contribution is 7.47. The minimum absolute atomic E-state index is 0.0777. The number of amides is 1. The van der Waals surface area contributed by atoms with Crippen LogP contribution in [0.5, 0.6) is 0 Å². The molecule has 430 valence electrons. The van der Waals surface area contributed by atoms with Crippen LogP contribution >= 0.6 is 7.82 Å². The van der Waals surface area contributed by atoms with Gasteiger partial charge in [-0.1, -0.05) is 302 Å². The number of carbonyl (C=O) groups is 1. The maximum absolute atomic E-state index is 13.0. The van der Waals surface area contributed by atoms with E-state index in [0.717, 1.165) is 38.5 Å². The topological polar surface area (TPSA) is 105 Å². The molecule has 3 atom stereocenters. The molecule has 0 rings (SSSR count). The van der Waals surface area contributed by atoms with E-state index in [2.05, 4.69) is 31.3 Å². The van der Waals surface area contributed by atoms with E-state index in [1.54, 1.807) is 0 Å². The number of likely N-dealkylation sites (N-methyl/N-ethyl adjacent to an activating group) is 1. The summed E-state index contributed by atoms with van der Waals surface area (Å²) in [7, 11) is 1.63. The van der Waals surface area contributed by atoms with Crippen molar-refractivity contribution in [3.8, 4) is 0 Å². The molecule has 0 fully saturated rings. The molecule has 0 aromatic carbocycles. The molecular formula is C63H128N2O6P+. The normalized spacial score (nSPS) is 13.8. The van der Waals surface area contributed by atoms with E-state index in [1.165, 1.54) is 270 Å². The molecule has 0 aromatic heterocycles. The zero-order valence-electron chi connectivity index (χ0n) is 49.2. The number of phosphoric ester groups is 1. The van der Waals surface area contributed by atoms with Crippen LogP contribution in [0, 0.1) is 0 Å². The van der Waals surface area contributed by atoms with Crippen molar-refractivity contribution in [2.45, 2.75) is 347 Å². The second-order valence-corrected chi connectivity index (χ2v) is 25.0. The average Bonchev–Trinajstić information content (AvgIpc) is 3.34. The number of unbranched alkanes of at least 4 members (excludes halogenated alkanes) is 45. The van der Waals surface area contributed by atoms with E-state index in [-0.39, 0.29) is 19.1 Å². The summed E-state index contributed by atoms with van der Waals surface area (Å²) in [5, 5.41) is 14.1. The van der Waals surface area contributed by atoms with Gasteiger partial charge >= 0.3 is 7.82 Å². The quantitative estimate of drug-likeness (QED) is 0.0243. The Morgan fingerprint density at radius 2 is 0.750 bits per heavy atom. The molecular weight excluding hydrogens is 912 g/mol. The molecule has 1 amide bonds. The summed E-state index contributed by atoms with van der Waals surface area (Å²) < 4.78 is 23.9. The van der Waals surface area contributed by atoms with Crippen molar-refractivity contribution in [1.82, 2.24) is 5.32 Å². The molecule has 0 saturated carbocycles. The van der Waals surface area contributed by atoms with Crippen molar-refractivity contribution < 1.29 is 32.9 Å². The van der Waals surface area contributed by atoms with Crippen LogP contribution in [0.15, 0.2) is 12.2 Å². The molecule has 0 heterocycles. The van der Waals surface area contributed by atoms with E-state index in [0.29, 0.717) is 23.9 Å². The zero-order chi connectivity index (χ0) is 52.7. The van der Waals surface area contributed by atoms with Gasteiger partial charge < -0.3 is 19.8 Å². The highest BCUT2D eigenvalue weighted by atomic mass is 31.2. The van der Waals surface area contributed by atoms with Crippen molar-refractivity contribution in [2.75, 3.05) is 40.9 Å². The van der Waals surface area contributed by atoms with Crippen molar-refractivity contribution >= 4 is 13.7 Å². The summed E-state index contributed by atoms with van der Waals surface area (Å²) in [4.78, 5) is 23.4. The maximum Gasteiger partial charge on any atom is 0.472 e. The van der Waals surface area contributed by atoms with Gasteiger partial charge in [0.2, 0.25) is 5.91 Å². The lowest BCUT2D eigenvalue weighted by molar-refractivity contribution is -0.870. The molecule has 0 aliphatic heterocycles. The molecule has 0 aliphatic carbocycles. The van der Waals surface area contributed by atoms with E-state index >= 15 is 0 Å². The number of nitrogens with one attached hydrogen (secondary N) is 1. The van der Waals surface area contributed by atoms with Gasteiger partial charge in [0.1, 0.15) is 13.2 Å². The fourth-order valence-electron chi connectivity index (χ4n) is 9.99. The Labute approximate surface area is 450 Å². The van der Waals surface area contributed by atoms with Gasteiger partial charge in [-0.25, -0.2) is 4.57 Å². The second kappa shape index (κ2) is 55.0. The second-order valence-electron chi connectivity index (χ2n) is 23.5. The van der Waals surface area contributed by atoms with E-state index < -0.39 is 20.0 Å². The van der Waals surface area contributed by atoms with E-state index in [9.17, 15) is 19.4 Å². The Morgan fingerprint density at radius 3 is 1.07 bits per heavy atom. The number of rotatable bonds is 60. The maximum atomic E-state index is 13.0. The largest absolute Gasteiger partial charge is 0.472 e. The first kappa shape index (κ1) is 71.2. The Morgan fingerprint density at radius 1 is 0.458 bits per heavy atom. The van der Waals surface area contributed by atoms with Crippen LogP contribution in [-0.4, -0.2) is 73.4 Å². The molecule has 0 aromatic rings. The number of carbonyl (C=O) groups excluding carboxylic acids is 1. The van der Waals surface area contributed by atoms with Gasteiger partial charge in [-0.2, -0.15) is 0 Å². The van der Waals surface area contributed by atoms with E-state index in [4.69, 9.17) is 9.05 Å². The fraction of sp³-hybridized carbons (Fsp3) is 0.952. The van der Waals surface area contributed by atoms with Crippen LogP contribution in [0.1, 0.15) is 335 Å². The number of hydrogen-bond donors (Lipinski definition) is 3. The lowest BCUT2D eigenvalue weighted by Gasteiger charge is -2.26. The Bertz CT molecular complexity index is 1180. The lowest BCUT2D eigenvalue weighted by atomic mass is 10.0. The van der Waals surface area contributed by atoms with Gasteiger partial charge in [0.25, 0.3) is 0 Å². The third-order valence-electron chi connectivity index (χ3n) is 15.0. The zero-order valence-corrected chi connectivity index (χ0v) is 50.1. The molecule has 0 spiro atoms. The first-order valence-corrected chi connectivity index (χ1v) is 33.5. The van der Waals surface area contributed by atoms with Crippen LogP contribution in [-0.2, 0) is 18.4 Å². The van der Waals surface area contributed by atoms with Crippen LogP contribution in [0.25, 0.3) is 0 Å². The molecule has 8 nitrogen and oxygen atoms in total. The summed E-state index contributed by atoms with van der Waals surface area (Å²) in [5.41, 5.74) is 0. The first-order valence-electron chi connectivity index (χ1n) is 32.1. The smallest absolute Gasteiger partial charge is 0.391 e. The summed E-state index contributed by atoms with van der Waals surface area (Å²) >= 11 is 0. The van der Waals surface area contributed by atoms with Gasteiger partial charge in [0.15, 0.2) is 0 Å². The highest BCUT2D eigenvalue weighted by Gasteiger charge is 2.28. The van der Waals surface area contributed by atoms with Crippen molar-refractivity contribution in [2.24, 2.45) is 0 Å². The van der Waals surface area contributed by atoms with Crippen LogP contribution in [0.2, 0.25) is 0 Å². The van der Waals surface area contributed by atoms with Crippen molar-refractivity contribution in [3.05, 3.63) is 12.2 Å². The van der Waals surface area contributed by atoms with Gasteiger partial charge in [0, 0.05) is 6.42 Å². The van der Waals surface area contributed by atoms with Gasteiger partial charge in [-0.3, -0.25) is 13.8 Å². The summed E-state index contributed by atoms with van der Waals surface area (Å²) in [6, 6.07) is -0.759. The third-order valence-corrected chi connectivity index (χ3v) is 16.0. The molecule has 0 saturated heterocycles. The van der Waals surface area contributed by atoms with Crippen LogP contribution in [0.4, 0.5) is 0 Å². The number of nitrogens with zero attached hydrogens (tertiary/aromatic N) is 1. The monoisotopic (exact) mass is 1040 g/mol. The Balaban J connectivity index is 4.07. The van der Waals surface area contributed by atoms with Gasteiger partial charge in [-0.15, -0.1) is 0 Å². The SMILES string of the molecule is CCCCCCCCCC/C=C\CCCCCCCCCCCCCCCC(=O)NC(COP(=O)(O)OCC[N+](C)(C)C)C(O)CCCCCCCCCCCCCCCCCCCCCCCCCCC. The van der Waals surface area contributed by atoms with Crippen molar-refractivity contribution in [3.63, 3.8) is 0 Å². The molecule has 0 radical (unpaired) electrons. The lowest BCUT2D eigenvalue weighted by Crippen LogP contribution is -2.46. The molecule has 3 unspecified atom stereocenters. The fourth-order valence-corrected chi connectivity index (χ4v) is 10.7. The van der Waals surface area contributed by atoms with Crippen molar-refractivity contribution in [1.29, 1.82) is 0 Å². The molecule has 0 aliphatic rings. The number of quaternary nitrogens is 1. The minimum atomic E-state index is -4.32.